The van der Waals surface area contributed by atoms with Crippen LogP contribution in [0.4, 0.5) is 17.1 Å². The summed E-state index contributed by atoms with van der Waals surface area (Å²) in [4.78, 5) is 2.40. The smallest absolute Gasteiger partial charge is 0.0486 e. The van der Waals surface area contributed by atoms with E-state index >= 15 is 0 Å². The lowest BCUT2D eigenvalue weighted by Gasteiger charge is -2.28. The minimum Gasteiger partial charge on any atom is -0.347 e. The third-order valence-electron chi connectivity index (χ3n) is 9.87. The lowest BCUT2D eigenvalue weighted by Crippen LogP contribution is -2.16. The topological polar surface area (TPSA) is 8.17 Å². The number of benzene rings is 6. The number of aryl methyl sites for hydroxylation is 1. The van der Waals surface area contributed by atoms with Crippen LogP contribution in [0, 0.1) is 6.92 Å². The van der Waals surface area contributed by atoms with Gasteiger partial charge in [0.15, 0.2) is 0 Å². The number of para-hydroxylation sites is 1. The Morgan fingerprint density at radius 1 is 0.511 bits per heavy atom. The van der Waals surface area contributed by atoms with Crippen molar-refractivity contribution >= 4 is 28.0 Å². The molecule has 1 heterocycles. The Morgan fingerprint density at radius 3 is 1.80 bits per heavy atom. The summed E-state index contributed by atoms with van der Waals surface area (Å²) in [5, 5.41) is 1.29. The van der Waals surface area contributed by atoms with Crippen molar-refractivity contribution in [3.8, 4) is 33.4 Å². The van der Waals surface area contributed by atoms with Crippen molar-refractivity contribution in [1.82, 2.24) is 4.57 Å². The van der Waals surface area contributed by atoms with Crippen LogP contribution < -0.4 is 4.90 Å². The molecular weight excluding hydrogens is 544 g/mol. The van der Waals surface area contributed by atoms with E-state index in [0.29, 0.717) is 0 Å². The van der Waals surface area contributed by atoms with Crippen molar-refractivity contribution in [2.75, 3.05) is 4.90 Å². The van der Waals surface area contributed by atoms with E-state index in [1.165, 1.54) is 61.1 Å². The van der Waals surface area contributed by atoms with Crippen LogP contribution in [-0.4, -0.2) is 4.57 Å². The van der Waals surface area contributed by atoms with Gasteiger partial charge in [0.25, 0.3) is 0 Å². The lowest BCUT2D eigenvalue weighted by atomic mass is 9.82. The molecule has 0 unspecified atom stereocenters. The quantitative estimate of drug-likeness (QED) is 0.197. The fraction of sp³-hybridized carbons (Fsp3) is 0.116. The van der Waals surface area contributed by atoms with E-state index in [1.54, 1.807) is 0 Å². The maximum Gasteiger partial charge on any atom is 0.0486 e. The van der Waals surface area contributed by atoms with Gasteiger partial charge in [-0.1, -0.05) is 117 Å². The molecule has 1 aliphatic carbocycles. The monoisotopic (exact) mass is 580 g/mol. The first-order valence-electron chi connectivity index (χ1n) is 15.8. The van der Waals surface area contributed by atoms with Crippen LogP contribution in [0.2, 0.25) is 0 Å². The molecule has 0 bridgehead atoms. The molecule has 2 heteroatoms. The van der Waals surface area contributed by atoms with Crippen LogP contribution >= 0.6 is 0 Å². The molecule has 0 amide bonds. The fourth-order valence-corrected chi connectivity index (χ4v) is 7.37. The van der Waals surface area contributed by atoms with Gasteiger partial charge in [0, 0.05) is 51.7 Å². The van der Waals surface area contributed by atoms with Gasteiger partial charge in [-0.3, -0.25) is 0 Å². The number of hydrogen-bond acceptors (Lipinski definition) is 1. The molecule has 6 aromatic carbocycles. The average Bonchev–Trinajstić information content (AvgIpc) is 3.48. The van der Waals surface area contributed by atoms with E-state index in [4.69, 9.17) is 0 Å². The van der Waals surface area contributed by atoms with Crippen molar-refractivity contribution < 1.29 is 0 Å². The van der Waals surface area contributed by atoms with Crippen LogP contribution in [0.3, 0.4) is 0 Å². The highest BCUT2D eigenvalue weighted by Crippen LogP contribution is 2.50. The highest BCUT2D eigenvalue weighted by atomic mass is 15.1. The summed E-state index contributed by atoms with van der Waals surface area (Å²) >= 11 is 0. The van der Waals surface area contributed by atoms with Gasteiger partial charge in [-0.2, -0.15) is 0 Å². The van der Waals surface area contributed by atoms with E-state index in [0.717, 1.165) is 17.1 Å². The largest absolute Gasteiger partial charge is 0.347 e. The van der Waals surface area contributed by atoms with Gasteiger partial charge in [-0.15, -0.1) is 0 Å². The van der Waals surface area contributed by atoms with Gasteiger partial charge < -0.3 is 9.47 Å². The van der Waals surface area contributed by atoms with Crippen molar-refractivity contribution in [1.29, 1.82) is 0 Å². The zero-order chi connectivity index (χ0) is 30.7. The third kappa shape index (κ3) is 4.32. The molecule has 0 saturated carbocycles. The van der Waals surface area contributed by atoms with Gasteiger partial charge in [0.2, 0.25) is 0 Å². The summed E-state index contributed by atoms with van der Waals surface area (Å²) in [7, 11) is 2.16. The van der Waals surface area contributed by atoms with Gasteiger partial charge in [0.1, 0.15) is 0 Å². The Balaban J connectivity index is 1.25. The van der Waals surface area contributed by atoms with Gasteiger partial charge in [-0.25, -0.2) is 0 Å². The third-order valence-corrected chi connectivity index (χ3v) is 9.87. The average molecular weight is 581 g/mol. The van der Waals surface area contributed by atoms with Gasteiger partial charge in [-0.05, 0) is 88.3 Å². The minimum absolute atomic E-state index is 0.0689. The molecule has 218 valence electrons. The van der Waals surface area contributed by atoms with Crippen LogP contribution in [0.15, 0.2) is 146 Å². The molecule has 2 nitrogen and oxygen atoms in total. The molecule has 0 spiro atoms. The molecule has 0 aliphatic heterocycles. The molecule has 1 aliphatic rings. The maximum atomic E-state index is 2.41. The standard InChI is InChI=1S/C43H36N2/c1-29-42(38-15-9-11-17-41(38)44(29)4)32-20-24-34(25-21-32)45(33-22-18-31(19-23-33)30-12-6-5-7-13-30)35-26-27-37-36-14-8-10-16-39(36)43(2,3)40(37)28-35/h5-28H,1-4H3. The molecule has 0 atom stereocenters. The Morgan fingerprint density at radius 2 is 1.07 bits per heavy atom. The minimum atomic E-state index is -0.0689. The van der Waals surface area contributed by atoms with Crippen molar-refractivity contribution in [2.45, 2.75) is 26.2 Å². The Kier molecular flexibility index (Phi) is 6.28. The van der Waals surface area contributed by atoms with E-state index in [9.17, 15) is 0 Å². The molecule has 45 heavy (non-hydrogen) atoms. The van der Waals surface area contributed by atoms with Crippen LogP contribution in [0.25, 0.3) is 44.3 Å². The first-order chi connectivity index (χ1) is 21.9. The number of anilines is 3. The number of fused-ring (bicyclic) bond motifs is 4. The van der Waals surface area contributed by atoms with Crippen molar-refractivity contribution in [3.05, 3.63) is 162 Å². The fourth-order valence-electron chi connectivity index (χ4n) is 7.37. The zero-order valence-corrected chi connectivity index (χ0v) is 26.3. The molecule has 7 aromatic rings. The summed E-state index contributed by atoms with van der Waals surface area (Å²) in [5.74, 6) is 0. The van der Waals surface area contributed by atoms with Crippen LogP contribution in [0.5, 0.6) is 0 Å². The second-order valence-electron chi connectivity index (χ2n) is 12.7. The predicted octanol–water partition coefficient (Wildman–Crippen LogP) is 11.6. The van der Waals surface area contributed by atoms with Crippen LogP contribution in [-0.2, 0) is 12.5 Å². The van der Waals surface area contributed by atoms with Gasteiger partial charge >= 0.3 is 0 Å². The van der Waals surface area contributed by atoms with Crippen LogP contribution in [0.1, 0.15) is 30.7 Å². The van der Waals surface area contributed by atoms with Crippen molar-refractivity contribution in [2.24, 2.45) is 7.05 Å². The first kappa shape index (κ1) is 27.2. The van der Waals surface area contributed by atoms with Crippen molar-refractivity contribution in [3.63, 3.8) is 0 Å². The van der Waals surface area contributed by atoms with E-state index in [1.807, 2.05) is 0 Å². The maximum absolute atomic E-state index is 2.41. The molecular formula is C43H36N2. The molecule has 0 saturated heterocycles. The predicted molar refractivity (Wildman–Crippen MR) is 191 cm³/mol. The number of aromatic nitrogens is 1. The Bertz CT molecular complexity index is 2180. The highest BCUT2D eigenvalue weighted by molar-refractivity contribution is 5.98. The lowest BCUT2D eigenvalue weighted by molar-refractivity contribution is 0.660. The van der Waals surface area contributed by atoms with E-state index in [2.05, 4.69) is 183 Å². The summed E-state index contributed by atoms with van der Waals surface area (Å²) < 4.78 is 2.30. The first-order valence-corrected chi connectivity index (χ1v) is 15.8. The molecule has 8 rings (SSSR count). The summed E-state index contributed by atoms with van der Waals surface area (Å²) in [6.45, 7) is 6.91. The molecule has 0 radical (unpaired) electrons. The summed E-state index contributed by atoms with van der Waals surface area (Å²) in [6, 6.07) is 53.2. The highest BCUT2D eigenvalue weighted by Gasteiger charge is 2.35. The SMILES string of the molecule is Cc1c(-c2ccc(N(c3ccc(-c4ccccc4)cc3)c3ccc4c(c3)C(C)(C)c3ccccc3-4)cc2)c2ccccc2n1C. The second-order valence-corrected chi connectivity index (χ2v) is 12.7. The molecule has 1 aromatic heterocycles. The number of nitrogens with zero attached hydrogens (tertiary/aromatic N) is 2. The summed E-state index contributed by atoms with van der Waals surface area (Å²) in [6.07, 6.45) is 0. The van der Waals surface area contributed by atoms with E-state index < -0.39 is 0 Å². The normalized spacial score (nSPS) is 13.1. The molecule has 0 N–H and O–H groups in total. The number of rotatable bonds is 5. The van der Waals surface area contributed by atoms with Gasteiger partial charge in [0.05, 0.1) is 0 Å². The summed E-state index contributed by atoms with van der Waals surface area (Å²) in [5.41, 5.74) is 16.3. The zero-order valence-electron chi connectivity index (χ0n) is 26.3. The Hall–Kier alpha value is -5.34. The number of hydrogen-bond donors (Lipinski definition) is 0. The second kappa shape index (κ2) is 10.4. The Labute approximate surface area is 265 Å². The van der Waals surface area contributed by atoms with E-state index in [-0.39, 0.29) is 5.41 Å². The molecule has 0 fully saturated rings.